The first-order valence-electron chi connectivity index (χ1n) is 7.48. The third-order valence-electron chi connectivity index (χ3n) is 5.23. The zero-order valence-corrected chi connectivity index (χ0v) is 12.1. The fourth-order valence-electron chi connectivity index (χ4n) is 3.81. The third-order valence-corrected chi connectivity index (χ3v) is 5.23. The molecular weight excluding hydrogens is 278 g/mol. The molecule has 1 aliphatic heterocycles. The first kappa shape index (κ1) is 15.2. The molecule has 0 aromatic carbocycles. The zero-order valence-electron chi connectivity index (χ0n) is 12.1. The van der Waals surface area contributed by atoms with Crippen LogP contribution < -0.4 is 0 Å². The van der Waals surface area contributed by atoms with Crippen LogP contribution in [-0.2, 0) is 9.53 Å². The highest BCUT2D eigenvalue weighted by molar-refractivity contribution is 5.76. The van der Waals surface area contributed by atoms with Crippen LogP contribution >= 0.6 is 0 Å². The van der Waals surface area contributed by atoms with Crippen LogP contribution in [0.3, 0.4) is 0 Å². The van der Waals surface area contributed by atoms with Gasteiger partial charge in [-0.15, -0.1) is 0 Å². The number of methoxy groups -OCH3 is 1. The Bertz CT molecular complexity index is 428. The maximum absolute atomic E-state index is 12.0. The molecule has 0 aromatic heterocycles. The van der Waals surface area contributed by atoms with E-state index < -0.39 is 42.0 Å². The van der Waals surface area contributed by atoms with E-state index in [1.54, 1.807) is 0 Å². The van der Waals surface area contributed by atoms with Crippen molar-refractivity contribution in [3.63, 3.8) is 0 Å². The third kappa shape index (κ3) is 2.37. The fourth-order valence-corrected chi connectivity index (χ4v) is 3.81. The van der Waals surface area contributed by atoms with E-state index in [0.29, 0.717) is 12.5 Å². The van der Waals surface area contributed by atoms with Gasteiger partial charge in [-0.05, 0) is 25.2 Å². The van der Waals surface area contributed by atoms with Gasteiger partial charge in [0.2, 0.25) is 0 Å². The van der Waals surface area contributed by atoms with Crippen molar-refractivity contribution in [2.75, 3.05) is 13.7 Å². The molecule has 2 saturated carbocycles. The second-order valence-corrected chi connectivity index (χ2v) is 6.63. The van der Waals surface area contributed by atoms with E-state index in [0.717, 1.165) is 12.8 Å². The summed E-state index contributed by atoms with van der Waals surface area (Å²) in [5, 5.41) is 40.7. The number of aliphatic hydroxyl groups is 4. The number of fused-ring (bicyclic) bond motifs is 1. The normalized spacial score (nSPS) is 47.2. The maximum atomic E-state index is 12.0. The van der Waals surface area contributed by atoms with E-state index in [9.17, 15) is 25.2 Å². The molecule has 0 amide bonds. The standard InChI is InChI=1S/C14H23NO6/c1-21-13(19)8-5-14(20)10(15(8)6-7-2-3-7)4-9(16)11(17)12(14)18/h7-12,16-18,20H,2-6H2,1H3/t8-,9+,10+,11+,12+,14-/m0/s1. The molecule has 0 spiro atoms. The first-order valence-corrected chi connectivity index (χ1v) is 7.48. The highest BCUT2D eigenvalue weighted by Crippen LogP contribution is 2.45. The van der Waals surface area contributed by atoms with Crippen LogP contribution in [0.4, 0.5) is 0 Å². The average Bonchev–Trinajstić information content (AvgIpc) is 3.23. The summed E-state index contributed by atoms with van der Waals surface area (Å²) in [5.74, 6) is 0.0373. The van der Waals surface area contributed by atoms with Crippen LogP contribution in [0.5, 0.6) is 0 Å². The topological polar surface area (TPSA) is 110 Å². The van der Waals surface area contributed by atoms with Gasteiger partial charge >= 0.3 is 5.97 Å². The largest absolute Gasteiger partial charge is 0.468 e. The lowest BCUT2D eigenvalue weighted by Crippen LogP contribution is -2.64. The number of carbonyl (C=O) groups excluding carboxylic acids is 1. The fraction of sp³-hybridized carbons (Fsp3) is 0.929. The summed E-state index contributed by atoms with van der Waals surface area (Å²) in [5.41, 5.74) is -1.59. The van der Waals surface area contributed by atoms with Crippen molar-refractivity contribution in [1.82, 2.24) is 4.90 Å². The number of hydrogen-bond donors (Lipinski definition) is 4. The number of ether oxygens (including phenoxy) is 1. The molecule has 2 aliphatic carbocycles. The van der Waals surface area contributed by atoms with Crippen molar-refractivity contribution in [1.29, 1.82) is 0 Å². The molecule has 0 radical (unpaired) electrons. The summed E-state index contributed by atoms with van der Waals surface area (Å²) in [6, 6.07) is -1.19. The SMILES string of the molecule is COC(=O)[C@@H]1C[C@@]2(O)[C@H](O)[C@H](O)[C@H](O)C[C@H]2N1CC1CC1. The second kappa shape index (κ2) is 5.17. The van der Waals surface area contributed by atoms with E-state index in [2.05, 4.69) is 0 Å². The van der Waals surface area contributed by atoms with Gasteiger partial charge in [0, 0.05) is 19.0 Å². The van der Waals surface area contributed by atoms with Gasteiger partial charge in [0.25, 0.3) is 0 Å². The molecule has 3 rings (SSSR count). The molecule has 7 heteroatoms. The molecule has 0 unspecified atom stereocenters. The zero-order chi connectivity index (χ0) is 15.4. The number of aliphatic hydroxyl groups excluding tert-OH is 3. The second-order valence-electron chi connectivity index (χ2n) is 6.63. The number of rotatable bonds is 3. The van der Waals surface area contributed by atoms with Crippen LogP contribution in [0.2, 0.25) is 0 Å². The van der Waals surface area contributed by atoms with Crippen molar-refractivity contribution < 1.29 is 30.0 Å². The first-order chi connectivity index (χ1) is 9.88. The molecule has 4 N–H and O–H groups in total. The quantitative estimate of drug-likeness (QED) is 0.457. The summed E-state index contributed by atoms with van der Waals surface area (Å²) in [6.45, 7) is 0.641. The predicted octanol–water partition coefficient (Wildman–Crippen LogP) is -1.77. The monoisotopic (exact) mass is 301 g/mol. The minimum absolute atomic E-state index is 0.0159. The van der Waals surface area contributed by atoms with Crippen molar-refractivity contribution in [3.05, 3.63) is 0 Å². The van der Waals surface area contributed by atoms with Crippen LogP contribution in [0.1, 0.15) is 25.7 Å². The molecule has 1 saturated heterocycles. The van der Waals surface area contributed by atoms with Gasteiger partial charge in [-0.3, -0.25) is 9.69 Å². The lowest BCUT2D eigenvalue weighted by molar-refractivity contribution is -0.196. The van der Waals surface area contributed by atoms with Crippen LogP contribution in [0.25, 0.3) is 0 Å². The van der Waals surface area contributed by atoms with Gasteiger partial charge in [-0.1, -0.05) is 0 Å². The van der Waals surface area contributed by atoms with E-state index in [-0.39, 0.29) is 12.8 Å². The number of carbonyl (C=O) groups is 1. The molecule has 7 nitrogen and oxygen atoms in total. The number of likely N-dealkylation sites (tertiary alicyclic amines) is 1. The highest BCUT2D eigenvalue weighted by Gasteiger charge is 2.62. The Morgan fingerprint density at radius 2 is 2.00 bits per heavy atom. The molecule has 1 heterocycles. The van der Waals surface area contributed by atoms with Crippen molar-refractivity contribution in [3.8, 4) is 0 Å². The summed E-state index contributed by atoms with van der Waals surface area (Å²) in [6.07, 6.45) is -1.65. The van der Waals surface area contributed by atoms with Gasteiger partial charge in [0.1, 0.15) is 23.9 Å². The van der Waals surface area contributed by atoms with Gasteiger partial charge < -0.3 is 25.2 Å². The minimum Gasteiger partial charge on any atom is -0.468 e. The van der Waals surface area contributed by atoms with Crippen LogP contribution in [0.15, 0.2) is 0 Å². The summed E-state index contributed by atoms with van der Waals surface area (Å²) in [7, 11) is 1.30. The summed E-state index contributed by atoms with van der Waals surface area (Å²) < 4.78 is 4.81. The Balaban J connectivity index is 1.89. The van der Waals surface area contributed by atoms with Crippen LogP contribution in [-0.4, -0.2) is 80.9 Å². The molecule has 3 fully saturated rings. The van der Waals surface area contributed by atoms with Gasteiger partial charge in [0.05, 0.1) is 13.2 Å². The Morgan fingerprint density at radius 3 is 2.57 bits per heavy atom. The Hall–Kier alpha value is -0.730. The van der Waals surface area contributed by atoms with Crippen molar-refractivity contribution in [2.24, 2.45) is 5.92 Å². The number of esters is 1. The highest BCUT2D eigenvalue weighted by atomic mass is 16.5. The Labute approximate surface area is 123 Å². The van der Waals surface area contributed by atoms with Crippen molar-refractivity contribution in [2.45, 2.75) is 61.7 Å². The molecule has 3 aliphatic rings. The van der Waals surface area contributed by atoms with Gasteiger partial charge in [-0.25, -0.2) is 0 Å². The Kier molecular flexibility index (Phi) is 3.74. The number of nitrogens with zero attached hydrogens (tertiary/aromatic N) is 1. The lowest BCUT2D eigenvalue weighted by Gasteiger charge is -2.45. The molecule has 6 atom stereocenters. The van der Waals surface area contributed by atoms with E-state index in [1.807, 2.05) is 4.90 Å². The Morgan fingerprint density at radius 1 is 1.33 bits per heavy atom. The molecule has 0 aromatic rings. The van der Waals surface area contributed by atoms with Crippen molar-refractivity contribution >= 4 is 5.97 Å². The minimum atomic E-state index is -1.59. The smallest absolute Gasteiger partial charge is 0.323 e. The molecule has 21 heavy (non-hydrogen) atoms. The number of hydrogen-bond acceptors (Lipinski definition) is 7. The molecule has 120 valence electrons. The maximum Gasteiger partial charge on any atom is 0.323 e. The lowest BCUT2D eigenvalue weighted by atomic mass is 9.75. The van der Waals surface area contributed by atoms with E-state index in [4.69, 9.17) is 4.74 Å². The predicted molar refractivity (Wildman–Crippen MR) is 71.2 cm³/mol. The summed E-state index contributed by atoms with van der Waals surface area (Å²) >= 11 is 0. The van der Waals surface area contributed by atoms with E-state index in [1.165, 1.54) is 7.11 Å². The summed E-state index contributed by atoms with van der Waals surface area (Å²) in [4.78, 5) is 13.8. The van der Waals surface area contributed by atoms with Gasteiger partial charge in [-0.2, -0.15) is 0 Å². The average molecular weight is 301 g/mol. The van der Waals surface area contributed by atoms with Crippen LogP contribution in [0, 0.1) is 5.92 Å². The molecule has 0 bridgehead atoms. The molecular formula is C14H23NO6. The van der Waals surface area contributed by atoms with E-state index >= 15 is 0 Å². The van der Waals surface area contributed by atoms with Gasteiger partial charge in [0.15, 0.2) is 0 Å².